The third-order valence-corrected chi connectivity index (χ3v) is 5.12. The van der Waals surface area contributed by atoms with E-state index < -0.39 is 0 Å². The van der Waals surface area contributed by atoms with Gasteiger partial charge in [0, 0.05) is 32.2 Å². The van der Waals surface area contributed by atoms with Crippen LogP contribution in [0.15, 0.2) is 18.3 Å². The van der Waals surface area contributed by atoms with Gasteiger partial charge in [0.05, 0.1) is 11.9 Å². The normalized spacial score (nSPS) is 31.3. The first-order chi connectivity index (χ1) is 10.1. The molecule has 0 spiro atoms. The molecule has 3 rings (SSSR count). The molecule has 1 aliphatic carbocycles. The molecule has 116 valence electrons. The van der Waals surface area contributed by atoms with E-state index >= 15 is 0 Å². The number of nitrogens with two attached hydrogens (primary N) is 1. The largest absolute Gasteiger partial charge is 0.384 e. The Kier molecular flexibility index (Phi) is 4.34. The molecule has 2 fully saturated rings. The third kappa shape index (κ3) is 3.49. The number of nitrogen functional groups attached to an aromatic ring is 1. The van der Waals surface area contributed by atoms with Crippen LogP contribution in [0, 0.1) is 11.8 Å². The minimum absolute atomic E-state index is 0.600. The average molecular weight is 288 g/mol. The fourth-order valence-electron chi connectivity index (χ4n) is 4.13. The van der Waals surface area contributed by atoms with E-state index in [9.17, 15) is 0 Å². The Morgan fingerprint density at radius 1 is 1.00 bits per heavy atom. The number of pyridine rings is 1. The van der Waals surface area contributed by atoms with Crippen LogP contribution in [0.25, 0.3) is 0 Å². The molecule has 2 aliphatic rings. The number of hydrogen-bond donors (Lipinski definition) is 1. The third-order valence-electron chi connectivity index (χ3n) is 5.12. The van der Waals surface area contributed by atoms with Crippen LogP contribution in [-0.2, 0) is 0 Å². The van der Waals surface area contributed by atoms with E-state index in [0.717, 1.165) is 31.0 Å². The molecule has 0 aromatic carbocycles. The van der Waals surface area contributed by atoms with Crippen LogP contribution in [0.4, 0.5) is 11.5 Å². The fourth-order valence-corrected chi connectivity index (χ4v) is 4.13. The van der Waals surface area contributed by atoms with Gasteiger partial charge < -0.3 is 10.6 Å². The summed E-state index contributed by atoms with van der Waals surface area (Å²) in [5, 5.41) is 0. The molecular weight excluding hydrogens is 260 g/mol. The number of nitrogens with zero attached hydrogens (tertiary/aromatic N) is 3. The van der Waals surface area contributed by atoms with Gasteiger partial charge in [-0.3, -0.25) is 4.90 Å². The highest BCUT2D eigenvalue weighted by atomic mass is 15.3. The quantitative estimate of drug-likeness (QED) is 0.908. The van der Waals surface area contributed by atoms with Crippen molar-refractivity contribution in [3.05, 3.63) is 18.3 Å². The van der Waals surface area contributed by atoms with Gasteiger partial charge in [-0.15, -0.1) is 0 Å². The highest BCUT2D eigenvalue weighted by Crippen LogP contribution is 2.32. The summed E-state index contributed by atoms with van der Waals surface area (Å²) in [6.07, 6.45) is 6.07. The minimum atomic E-state index is 0.600. The van der Waals surface area contributed by atoms with Gasteiger partial charge >= 0.3 is 0 Å². The lowest BCUT2D eigenvalue weighted by molar-refractivity contribution is 0.104. The van der Waals surface area contributed by atoms with Crippen molar-refractivity contribution in [3.63, 3.8) is 0 Å². The second kappa shape index (κ2) is 6.22. The molecule has 1 aromatic rings. The maximum Gasteiger partial charge on any atom is 0.123 e. The predicted molar refractivity (Wildman–Crippen MR) is 88.4 cm³/mol. The molecule has 0 bridgehead atoms. The van der Waals surface area contributed by atoms with E-state index in [4.69, 9.17) is 5.73 Å². The molecule has 2 N–H and O–H groups in total. The number of hydrogen-bond acceptors (Lipinski definition) is 4. The Morgan fingerprint density at radius 3 is 2.24 bits per heavy atom. The van der Waals surface area contributed by atoms with Crippen LogP contribution in [0.5, 0.6) is 0 Å². The van der Waals surface area contributed by atoms with Crippen molar-refractivity contribution in [3.8, 4) is 0 Å². The van der Waals surface area contributed by atoms with E-state index in [1.165, 1.54) is 38.0 Å². The molecule has 1 saturated heterocycles. The number of anilines is 2. The Balaban J connectivity index is 1.56. The van der Waals surface area contributed by atoms with Gasteiger partial charge in [-0.1, -0.05) is 13.8 Å². The van der Waals surface area contributed by atoms with Crippen LogP contribution >= 0.6 is 0 Å². The molecule has 1 aliphatic heterocycles. The first-order valence-corrected chi connectivity index (χ1v) is 8.32. The van der Waals surface area contributed by atoms with Crippen molar-refractivity contribution in [1.82, 2.24) is 9.88 Å². The molecule has 4 heteroatoms. The number of rotatable bonds is 2. The lowest BCUT2D eigenvalue weighted by Crippen LogP contribution is -2.52. The molecule has 2 heterocycles. The van der Waals surface area contributed by atoms with Crippen LogP contribution in [-0.4, -0.2) is 42.1 Å². The van der Waals surface area contributed by atoms with Crippen molar-refractivity contribution >= 4 is 11.5 Å². The van der Waals surface area contributed by atoms with Crippen LogP contribution in [0.3, 0.4) is 0 Å². The molecule has 2 unspecified atom stereocenters. The zero-order valence-electron chi connectivity index (χ0n) is 13.3. The summed E-state index contributed by atoms with van der Waals surface area (Å²) < 4.78 is 0. The van der Waals surface area contributed by atoms with Crippen LogP contribution < -0.4 is 10.6 Å². The zero-order valence-corrected chi connectivity index (χ0v) is 13.3. The Labute approximate surface area is 128 Å². The highest BCUT2D eigenvalue weighted by molar-refractivity contribution is 5.48. The van der Waals surface area contributed by atoms with Crippen LogP contribution in [0.2, 0.25) is 0 Å². The molecule has 4 nitrogen and oxygen atoms in total. The fraction of sp³-hybridized carbons (Fsp3) is 0.706. The molecule has 21 heavy (non-hydrogen) atoms. The monoisotopic (exact) mass is 288 g/mol. The smallest absolute Gasteiger partial charge is 0.123 e. The van der Waals surface area contributed by atoms with Gasteiger partial charge in [-0.25, -0.2) is 4.98 Å². The first kappa shape index (κ1) is 14.6. The van der Waals surface area contributed by atoms with E-state index in [2.05, 4.69) is 34.7 Å². The highest BCUT2D eigenvalue weighted by Gasteiger charge is 2.30. The Morgan fingerprint density at radius 2 is 1.67 bits per heavy atom. The topological polar surface area (TPSA) is 45.4 Å². The summed E-state index contributed by atoms with van der Waals surface area (Å²) in [6.45, 7) is 9.39. The zero-order chi connectivity index (χ0) is 14.8. The van der Waals surface area contributed by atoms with Crippen LogP contribution in [0.1, 0.15) is 33.1 Å². The van der Waals surface area contributed by atoms with E-state index in [1.807, 2.05) is 12.3 Å². The molecule has 0 radical (unpaired) electrons. The summed E-state index contributed by atoms with van der Waals surface area (Å²) in [7, 11) is 0. The summed E-state index contributed by atoms with van der Waals surface area (Å²) >= 11 is 0. The Bertz CT molecular complexity index is 440. The van der Waals surface area contributed by atoms with Crippen molar-refractivity contribution in [2.75, 3.05) is 36.8 Å². The molecular formula is C17H28N4. The van der Waals surface area contributed by atoms with Gasteiger partial charge in [0.2, 0.25) is 0 Å². The van der Waals surface area contributed by atoms with E-state index in [0.29, 0.717) is 5.82 Å². The van der Waals surface area contributed by atoms with Gasteiger partial charge in [-0.2, -0.15) is 0 Å². The molecule has 1 saturated carbocycles. The SMILES string of the molecule is CC1CC(C)CC(N2CCN(c3ccc(N)nc3)CC2)C1. The standard InChI is InChI=1S/C17H28N4/c1-13-9-14(2)11-16(10-13)21-7-5-20(6-8-21)15-3-4-17(18)19-12-15/h3-4,12-14,16H,5-11H2,1-2H3,(H2,18,19). The van der Waals surface area contributed by atoms with Gasteiger partial charge in [0.15, 0.2) is 0 Å². The maximum atomic E-state index is 5.66. The van der Waals surface area contributed by atoms with Gasteiger partial charge in [0.25, 0.3) is 0 Å². The predicted octanol–water partition coefficient (Wildman–Crippen LogP) is 2.61. The summed E-state index contributed by atoms with van der Waals surface area (Å²) in [6, 6.07) is 4.78. The summed E-state index contributed by atoms with van der Waals surface area (Å²) in [4.78, 5) is 9.35. The number of piperazine rings is 1. The average Bonchev–Trinajstić information content (AvgIpc) is 2.47. The van der Waals surface area contributed by atoms with E-state index in [-0.39, 0.29) is 0 Å². The van der Waals surface area contributed by atoms with Crippen molar-refractivity contribution in [2.45, 2.75) is 39.2 Å². The lowest BCUT2D eigenvalue weighted by atomic mass is 9.79. The first-order valence-electron chi connectivity index (χ1n) is 8.32. The van der Waals surface area contributed by atoms with Crippen molar-refractivity contribution in [1.29, 1.82) is 0 Å². The second-order valence-electron chi connectivity index (χ2n) is 7.04. The number of aromatic nitrogens is 1. The van der Waals surface area contributed by atoms with E-state index in [1.54, 1.807) is 0 Å². The van der Waals surface area contributed by atoms with Crippen molar-refractivity contribution < 1.29 is 0 Å². The molecule has 1 aromatic heterocycles. The summed E-state index contributed by atoms with van der Waals surface area (Å²) in [5.74, 6) is 2.37. The second-order valence-corrected chi connectivity index (χ2v) is 7.04. The maximum absolute atomic E-state index is 5.66. The van der Waals surface area contributed by atoms with Gasteiger partial charge in [-0.05, 0) is 43.2 Å². The van der Waals surface area contributed by atoms with Crippen molar-refractivity contribution in [2.24, 2.45) is 11.8 Å². The Hall–Kier alpha value is -1.29. The molecule has 2 atom stereocenters. The lowest BCUT2D eigenvalue weighted by Gasteiger charge is -2.44. The molecule has 0 amide bonds. The summed E-state index contributed by atoms with van der Waals surface area (Å²) in [5.41, 5.74) is 6.87. The van der Waals surface area contributed by atoms with Gasteiger partial charge in [0.1, 0.15) is 5.82 Å². The minimum Gasteiger partial charge on any atom is -0.384 e.